The fourth-order valence-corrected chi connectivity index (χ4v) is 2.13. The lowest BCUT2D eigenvalue weighted by atomic mass is 10.2. The number of hydrogen-bond donors (Lipinski definition) is 2. The van der Waals surface area contributed by atoms with Gasteiger partial charge in [0.15, 0.2) is 0 Å². The fourth-order valence-electron chi connectivity index (χ4n) is 2.13. The number of ether oxygens (including phenoxy) is 1. The Balaban J connectivity index is 1.61. The third-order valence-electron chi connectivity index (χ3n) is 3.65. The summed E-state index contributed by atoms with van der Waals surface area (Å²) in [5.74, 6) is 0.766. The Morgan fingerprint density at radius 1 is 1.35 bits per heavy atom. The molecule has 2 aromatic rings. The number of methoxy groups -OCH3 is 1. The van der Waals surface area contributed by atoms with E-state index < -0.39 is 0 Å². The second-order valence-corrected chi connectivity index (χ2v) is 5.49. The lowest BCUT2D eigenvalue weighted by molar-refractivity contribution is 0.0950. The molecule has 5 nitrogen and oxygen atoms in total. The highest BCUT2D eigenvalue weighted by Crippen LogP contribution is 2.20. The van der Waals surface area contributed by atoms with E-state index in [4.69, 9.17) is 4.74 Å². The third kappa shape index (κ3) is 3.97. The van der Waals surface area contributed by atoms with Crippen LogP contribution < -0.4 is 15.4 Å². The van der Waals surface area contributed by atoms with Gasteiger partial charge in [0.25, 0.3) is 5.91 Å². The number of aromatic nitrogens is 1. The maximum Gasteiger partial charge on any atom is 0.253 e. The maximum atomic E-state index is 13.7. The molecule has 1 heterocycles. The van der Waals surface area contributed by atoms with E-state index in [-0.39, 0.29) is 18.3 Å². The van der Waals surface area contributed by atoms with Crippen LogP contribution in [0.15, 0.2) is 36.5 Å². The van der Waals surface area contributed by atoms with Gasteiger partial charge < -0.3 is 15.4 Å². The first-order chi connectivity index (χ1) is 11.2. The number of nitrogens with zero attached hydrogens (tertiary/aromatic N) is 1. The molecule has 0 unspecified atom stereocenters. The van der Waals surface area contributed by atoms with Gasteiger partial charge in [-0.1, -0.05) is 0 Å². The Bertz CT molecular complexity index is 699. The predicted octanol–water partition coefficient (Wildman–Crippen LogP) is 2.73. The molecule has 1 fully saturated rings. The molecule has 1 aromatic heterocycles. The van der Waals surface area contributed by atoms with Crippen molar-refractivity contribution in [1.82, 2.24) is 10.3 Å². The van der Waals surface area contributed by atoms with E-state index in [9.17, 15) is 9.18 Å². The van der Waals surface area contributed by atoms with Crippen LogP contribution in [0.2, 0.25) is 0 Å². The molecule has 6 heteroatoms. The average molecular weight is 315 g/mol. The second-order valence-electron chi connectivity index (χ2n) is 5.49. The number of amides is 1. The van der Waals surface area contributed by atoms with E-state index in [1.807, 2.05) is 0 Å². The standard InChI is InChI=1S/C17H18FN3O2/c1-23-14-5-6-15(18)12(8-14)10-20-16-7-2-11(9-19-16)17(22)21-13-3-4-13/h2,5-9,13H,3-4,10H2,1H3,(H,19,20)(H,21,22). The fraction of sp³-hybridized carbons (Fsp3) is 0.294. The number of rotatable bonds is 6. The molecule has 23 heavy (non-hydrogen) atoms. The molecule has 120 valence electrons. The van der Waals surface area contributed by atoms with Gasteiger partial charge >= 0.3 is 0 Å². The molecule has 0 atom stereocenters. The van der Waals surface area contributed by atoms with Gasteiger partial charge in [0.1, 0.15) is 17.4 Å². The van der Waals surface area contributed by atoms with E-state index in [1.54, 1.807) is 24.3 Å². The lowest BCUT2D eigenvalue weighted by Crippen LogP contribution is -2.25. The topological polar surface area (TPSA) is 63.2 Å². The van der Waals surface area contributed by atoms with Crippen molar-refractivity contribution >= 4 is 11.7 Å². The minimum atomic E-state index is -0.307. The zero-order valence-corrected chi connectivity index (χ0v) is 12.8. The summed E-state index contributed by atoms with van der Waals surface area (Å²) in [5, 5.41) is 5.94. The summed E-state index contributed by atoms with van der Waals surface area (Å²) in [5.41, 5.74) is 1.01. The maximum absolute atomic E-state index is 13.7. The molecular formula is C17H18FN3O2. The van der Waals surface area contributed by atoms with Crippen molar-refractivity contribution in [3.05, 3.63) is 53.5 Å². The first-order valence-electron chi connectivity index (χ1n) is 7.49. The van der Waals surface area contributed by atoms with E-state index in [1.165, 1.54) is 19.4 Å². The van der Waals surface area contributed by atoms with Crippen molar-refractivity contribution in [2.75, 3.05) is 12.4 Å². The van der Waals surface area contributed by atoms with Gasteiger partial charge in [0, 0.05) is 24.3 Å². The molecule has 1 aliphatic carbocycles. The molecular weight excluding hydrogens is 297 g/mol. The number of benzene rings is 1. The molecule has 0 aliphatic heterocycles. The summed E-state index contributed by atoms with van der Waals surface area (Å²) < 4.78 is 18.8. The van der Waals surface area contributed by atoms with Gasteiger partial charge in [0.05, 0.1) is 12.7 Å². The highest BCUT2D eigenvalue weighted by atomic mass is 19.1. The van der Waals surface area contributed by atoms with Crippen molar-refractivity contribution in [1.29, 1.82) is 0 Å². The Morgan fingerprint density at radius 2 is 2.17 bits per heavy atom. The highest BCUT2D eigenvalue weighted by Gasteiger charge is 2.23. The van der Waals surface area contributed by atoms with Crippen molar-refractivity contribution in [3.8, 4) is 5.75 Å². The average Bonchev–Trinajstić information content (AvgIpc) is 3.38. The van der Waals surface area contributed by atoms with E-state index in [0.717, 1.165) is 12.8 Å². The number of pyridine rings is 1. The van der Waals surface area contributed by atoms with Crippen LogP contribution >= 0.6 is 0 Å². The van der Waals surface area contributed by atoms with Crippen LogP contribution in [0.25, 0.3) is 0 Å². The van der Waals surface area contributed by atoms with Gasteiger partial charge in [0.2, 0.25) is 0 Å². The zero-order chi connectivity index (χ0) is 16.2. The monoisotopic (exact) mass is 315 g/mol. The number of nitrogens with one attached hydrogen (secondary N) is 2. The normalized spacial score (nSPS) is 13.5. The van der Waals surface area contributed by atoms with Crippen LogP contribution in [0.4, 0.5) is 10.2 Å². The summed E-state index contributed by atoms with van der Waals surface area (Å²) in [7, 11) is 1.54. The molecule has 2 N–H and O–H groups in total. The molecule has 1 amide bonds. The van der Waals surface area contributed by atoms with Gasteiger partial charge in [-0.25, -0.2) is 9.37 Å². The van der Waals surface area contributed by atoms with Gasteiger partial charge in [-0.2, -0.15) is 0 Å². The van der Waals surface area contributed by atoms with Crippen LogP contribution in [0, 0.1) is 5.82 Å². The Hall–Kier alpha value is -2.63. The molecule has 1 saturated carbocycles. The smallest absolute Gasteiger partial charge is 0.253 e. The number of anilines is 1. The van der Waals surface area contributed by atoms with Crippen molar-refractivity contribution in [2.45, 2.75) is 25.4 Å². The molecule has 0 saturated heterocycles. The molecule has 0 bridgehead atoms. The summed E-state index contributed by atoms with van der Waals surface area (Å²) in [6.07, 6.45) is 3.61. The van der Waals surface area contributed by atoms with Crippen LogP contribution in [-0.2, 0) is 6.54 Å². The molecule has 1 aromatic carbocycles. The van der Waals surface area contributed by atoms with Gasteiger partial charge in [-0.3, -0.25) is 4.79 Å². The van der Waals surface area contributed by atoms with Crippen LogP contribution in [0.3, 0.4) is 0 Å². The quantitative estimate of drug-likeness (QED) is 0.860. The number of halogens is 1. The third-order valence-corrected chi connectivity index (χ3v) is 3.65. The zero-order valence-electron chi connectivity index (χ0n) is 12.8. The SMILES string of the molecule is COc1ccc(F)c(CNc2ccc(C(=O)NC3CC3)cn2)c1. The van der Waals surface area contributed by atoms with Gasteiger partial charge in [-0.15, -0.1) is 0 Å². The first kappa shape index (κ1) is 15.3. The Labute approximate surface area is 133 Å². The van der Waals surface area contributed by atoms with Crippen LogP contribution in [0.1, 0.15) is 28.8 Å². The highest BCUT2D eigenvalue weighted by molar-refractivity contribution is 5.94. The summed E-state index contributed by atoms with van der Waals surface area (Å²) in [6.45, 7) is 0.281. The molecule has 0 spiro atoms. The van der Waals surface area contributed by atoms with Crippen molar-refractivity contribution < 1.29 is 13.9 Å². The molecule has 1 aliphatic rings. The predicted molar refractivity (Wildman–Crippen MR) is 85.0 cm³/mol. The van der Waals surface area contributed by atoms with Crippen LogP contribution in [0.5, 0.6) is 5.75 Å². The summed E-state index contributed by atoms with van der Waals surface area (Å²) >= 11 is 0. The van der Waals surface area contributed by atoms with Crippen LogP contribution in [-0.4, -0.2) is 24.0 Å². The number of hydrogen-bond acceptors (Lipinski definition) is 4. The van der Waals surface area contributed by atoms with Crippen molar-refractivity contribution in [3.63, 3.8) is 0 Å². The summed E-state index contributed by atoms with van der Waals surface area (Å²) in [6, 6.07) is 8.31. The van der Waals surface area contributed by atoms with E-state index >= 15 is 0 Å². The number of carbonyl (C=O) groups excluding carboxylic acids is 1. The molecule has 3 rings (SSSR count). The first-order valence-corrected chi connectivity index (χ1v) is 7.49. The Kier molecular flexibility index (Phi) is 4.41. The minimum Gasteiger partial charge on any atom is -0.497 e. The van der Waals surface area contributed by atoms with Crippen molar-refractivity contribution in [2.24, 2.45) is 0 Å². The largest absolute Gasteiger partial charge is 0.497 e. The molecule has 0 radical (unpaired) electrons. The summed E-state index contributed by atoms with van der Waals surface area (Å²) in [4.78, 5) is 16.1. The van der Waals surface area contributed by atoms with E-state index in [0.29, 0.717) is 28.7 Å². The number of carbonyl (C=O) groups is 1. The second kappa shape index (κ2) is 6.64. The minimum absolute atomic E-state index is 0.106. The Morgan fingerprint density at radius 3 is 2.83 bits per heavy atom. The van der Waals surface area contributed by atoms with Gasteiger partial charge in [-0.05, 0) is 43.2 Å². The van der Waals surface area contributed by atoms with E-state index in [2.05, 4.69) is 15.6 Å². The lowest BCUT2D eigenvalue weighted by Gasteiger charge is -2.09.